The predicted molar refractivity (Wildman–Crippen MR) is 149 cm³/mol. The molecule has 7 nitrogen and oxygen atoms in total. The van der Waals surface area contributed by atoms with E-state index in [1.807, 2.05) is 85.7 Å². The summed E-state index contributed by atoms with van der Waals surface area (Å²) < 4.78 is 5.49. The van der Waals surface area contributed by atoms with Crippen molar-refractivity contribution in [3.05, 3.63) is 113 Å². The fraction of sp³-hybridized carbons (Fsp3) is 0.100. The molecule has 2 N–H and O–H groups in total. The van der Waals surface area contributed by atoms with Gasteiger partial charge in [0.2, 0.25) is 0 Å². The highest BCUT2D eigenvalue weighted by molar-refractivity contribution is 6.06. The maximum Gasteiger partial charge on any atom is 0.287 e. The van der Waals surface area contributed by atoms with Crippen LogP contribution in [0.25, 0.3) is 16.8 Å². The van der Waals surface area contributed by atoms with E-state index in [0.29, 0.717) is 11.3 Å². The van der Waals surface area contributed by atoms with Crippen LogP contribution in [0.15, 0.2) is 102 Å². The van der Waals surface area contributed by atoms with Gasteiger partial charge in [-0.2, -0.15) is 5.10 Å². The van der Waals surface area contributed by atoms with E-state index in [2.05, 4.69) is 15.8 Å². The van der Waals surface area contributed by atoms with Crippen LogP contribution in [0.1, 0.15) is 21.5 Å². The summed E-state index contributed by atoms with van der Waals surface area (Å²) in [6.07, 6.45) is 3.16. The standard InChI is InChI=1S/C30H28N4O3/c1-34(2)24-16-13-21(14-17-24)19-27(32-29(35)23-10-5-4-6-11-23)30(36)33-31-20-26-25-12-8-7-9-22(25)15-18-28(26)37-3/h4-20H,1-3H3,(H,32,35)(H,33,36)/b27-19+,31-20-. The number of carbonyl (C=O) groups excluding carboxylic acids is 2. The molecule has 0 fully saturated rings. The average Bonchev–Trinajstić information content (AvgIpc) is 2.93. The summed E-state index contributed by atoms with van der Waals surface area (Å²) >= 11 is 0. The molecule has 0 bridgehead atoms. The minimum Gasteiger partial charge on any atom is -0.496 e. The van der Waals surface area contributed by atoms with Crippen molar-refractivity contribution in [2.45, 2.75) is 0 Å². The first-order valence-electron chi connectivity index (χ1n) is 11.7. The van der Waals surface area contributed by atoms with Crippen molar-refractivity contribution in [3.8, 4) is 5.75 Å². The molecule has 2 amide bonds. The Kier molecular flexibility index (Phi) is 7.95. The molecule has 0 saturated heterocycles. The number of benzene rings is 4. The lowest BCUT2D eigenvalue weighted by Gasteiger charge is -2.13. The van der Waals surface area contributed by atoms with Gasteiger partial charge >= 0.3 is 0 Å². The first-order valence-corrected chi connectivity index (χ1v) is 11.7. The van der Waals surface area contributed by atoms with Crippen molar-refractivity contribution < 1.29 is 14.3 Å². The van der Waals surface area contributed by atoms with Crippen molar-refractivity contribution in [2.24, 2.45) is 5.10 Å². The zero-order valence-electron chi connectivity index (χ0n) is 20.9. The quantitative estimate of drug-likeness (QED) is 0.210. The monoisotopic (exact) mass is 492 g/mol. The van der Waals surface area contributed by atoms with Gasteiger partial charge in [0, 0.05) is 30.9 Å². The van der Waals surface area contributed by atoms with Gasteiger partial charge in [-0.15, -0.1) is 0 Å². The van der Waals surface area contributed by atoms with E-state index in [1.54, 1.807) is 43.7 Å². The van der Waals surface area contributed by atoms with Crippen LogP contribution < -0.4 is 20.4 Å². The van der Waals surface area contributed by atoms with Gasteiger partial charge in [-0.05, 0) is 52.7 Å². The smallest absolute Gasteiger partial charge is 0.287 e. The SMILES string of the molecule is COc1ccc2ccccc2c1/C=N\NC(=O)/C(=C\c1ccc(N(C)C)cc1)NC(=O)c1ccccc1. The van der Waals surface area contributed by atoms with E-state index in [9.17, 15) is 9.59 Å². The summed E-state index contributed by atoms with van der Waals surface area (Å²) in [5, 5.41) is 8.86. The van der Waals surface area contributed by atoms with Crippen LogP contribution >= 0.6 is 0 Å². The molecule has 0 saturated carbocycles. The Bertz CT molecular complexity index is 1460. The highest BCUT2D eigenvalue weighted by atomic mass is 16.5. The zero-order valence-corrected chi connectivity index (χ0v) is 20.9. The van der Waals surface area contributed by atoms with E-state index in [0.717, 1.165) is 27.6 Å². The van der Waals surface area contributed by atoms with Crippen LogP contribution in [0, 0.1) is 0 Å². The van der Waals surface area contributed by atoms with Crippen molar-refractivity contribution in [2.75, 3.05) is 26.1 Å². The largest absolute Gasteiger partial charge is 0.496 e. The molecule has 0 heterocycles. The fourth-order valence-corrected chi connectivity index (χ4v) is 3.78. The molecule has 0 unspecified atom stereocenters. The summed E-state index contributed by atoms with van der Waals surface area (Å²) in [6, 6.07) is 28.0. The van der Waals surface area contributed by atoms with Gasteiger partial charge in [0.25, 0.3) is 11.8 Å². The molecular weight excluding hydrogens is 464 g/mol. The molecule has 0 aromatic heterocycles. The first kappa shape index (κ1) is 25.2. The number of nitrogens with one attached hydrogen (secondary N) is 2. The summed E-state index contributed by atoms with van der Waals surface area (Å²) in [5.74, 6) is -0.325. The molecular formula is C30H28N4O3. The van der Waals surface area contributed by atoms with Gasteiger partial charge in [0.05, 0.1) is 13.3 Å². The normalized spacial score (nSPS) is 11.4. The molecule has 4 aromatic carbocycles. The number of methoxy groups -OCH3 is 1. The Morgan fingerprint density at radius 3 is 2.27 bits per heavy atom. The van der Waals surface area contributed by atoms with Gasteiger partial charge in [-0.1, -0.05) is 60.7 Å². The van der Waals surface area contributed by atoms with Crippen LogP contribution in [0.4, 0.5) is 5.69 Å². The Balaban J connectivity index is 1.61. The number of ether oxygens (including phenoxy) is 1. The topological polar surface area (TPSA) is 83.0 Å². The van der Waals surface area contributed by atoms with Gasteiger partial charge in [0.1, 0.15) is 11.4 Å². The lowest BCUT2D eigenvalue weighted by Crippen LogP contribution is -2.32. The summed E-state index contributed by atoms with van der Waals surface area (Å²) in [7, 11) is 5.49. The van der Waals surface area contributed by atoms with E-state index in [4.69, 9.17) is 4.74 Å². The highest BCUT2D eigenvalue weighted by Gasteiger charge is 2.15. The Labute approximate surface area is 216 Å². The number of carbonyl (C=O) groups is 2. The summed E-state index contributed by atoms with van der Waals surface area (Å²) in [4.78, 5) is 28.0. The average molecular weight is 493 g/mol. The molecule has 0 aliphatic carbocycles. The zero-order chi connectivity index (χ0) is 26.2. The minimum absolute atomic E-state index is 0.0634. The van der Waals surface area contributed by atoms with E-state index < -0.39 is 11.8 Å². The third kappa shape index (κ3) is 6.21. The van der Waals surface area contributed by atoms with Crippen molar-refractivity contribution in [1.82, 2.24) is 10.7 Å². The Hall–Kier alpha value is -4.91. The number of hydrazone groups is 1. The number of fused-ring (bicyclic) bond motifs is 1. The summed E-state index contributed by atoms with van der Waals surface area (Å²) in [5.41, 5.74) is 5.55. The minimum atomic E-state index is -0.559. The maximum atomic E-state index is 13.2. The Morgan fingerprint density at radius 1 is 0.865 bits per heavy atom. The number of rotatable bonds is 8. The second kappa shape index (κ2) is 11.7. The lowest BCUT2D eigenvalue weighted by atomic mass is 10.0. The molecule has 0 aliphatic heterocycles. The van der Waals surface area contributed by atoms with Crippen LogP contribution in [0.2, 0.25) is 0 Å². The Morgan fingerprint density at radius 2 is 1.57 bits per heavy atom. The van der Waals surface area contributed by atoms with Crippen LogP contribution in [-0.2, 0) is 4.79 Å². The van der Waals surface area contributed by atoms with Gasteiger partial charge < -0.3 is 15.0 Å². The number of amides is 2. The molecule has 37 heavy (non-hydrogen) atoms. The predicted octanol–water partition coefficient (Wildman–Crippen LogP) is 4.84. The number of anilines is 1. The molecule has 0 radical (unpaired) electrons. The maximum absolute atomic E-state index is 13.2. The van der Waals surface area contributed by atoms with Crippen molar-refractivity contribution in [3.63, 3.8) is 0 Å². The van der Waals surface area contributed by atoms with E-state index in [1.165, 1.54) is 0 Å². The lowest BCUT2D eigenvalue weighted by molar-refractivity contribution is -0.117. The third-order valence-corrected chi connectivity index (χ3v) is 5.76. The van der Waals surface area contributed by atoms with Crippen LogP contribution in [0.3, 0.4) is 0 Å². The van der Waals surface area contributed by atoms with E-state index in [-0.39, 0.29) is 5.70 Å². The number of nitrogens with zero attached hydrogens (tertiary/aromatic N) is 2. The highest BCUT2D eigenvalue weighted by Crippen LogP contribution is 2.26. The second-order valence-electron chi connectivity index (χ2n) is 8.47. The number of hydrogen-bond donors (Lipinski definition) is 2. The van der Waals surface area contributed by atoms with Gasteiger partial charge in [0.15, 0.2) is 0 Å². The molecule has 186 valence electrons. The van der Waals surface area contributed by atoms with Gasteiger partial charge in [-0.25, -0.2) is 5.43 Å². The molecule has 7 heteroatoms. The number of hydrogen-bond acceptors (Lipinski definition) is 5. The third-order valence-electron chi connectivity index (χ3n) is 5.76. The van der Waals surface area contributed by atoms with Crippen LogP contribution in [-0.4, -0.2) is 39.2 Å². The second-order valence-corrected chi connectivity index (χ2v) is 8.47. The van der Waals surface area contributed by atoms with Crippen molar-refractivity contribution in [1.29, 1.82) is 0 Å². The molecule has 0 atom stereocenters. The summed E-state index contributed by atoms with van der Waals surface area (Å²) in [6.45, 7) is 0. The van der Waals surface area contributed by atoms with E-state index >= 15 is 0 Å². The van der Waals surface area contributed by atoms with Gasteiger partial charge in [-0.3, -0.25) is 9.59 Å². The molecule has 0 spiro atoms. The first-order chi connectivity index (χ1) is 18.0. The van der Waals surface area contributed by atoms with Crippen molar-refractivity contribution >= 4 is 40.6 Å². The molecule has 4 rings (SSSR count). The molecule has 0 aliphatic rings. The fourth-order valence-electron chi connectivity index (χ4n) is 3.78. The molecule has 4 aromatic rings. The van der Waals surface area contributed by atoms with Crippen LogP contribution in [0.5, 0.6) is 5.75 Å².